The molecule has 2 N–H and O–H groups in total. The van der Waals surface area contributed by atoms with E-state index in [0.717, 1.165) is 24.3 Å². The predicted molar refractivity (Wildman–Crippen MR) is 70.6 cm³/mol. The van der Waals surface area contributed by atoms with Crippen LogP contribution in [0.15, 0.2) is 12.3 Å². The summed E-state index contributed by atoms with van der Waals surface area (Å²) in [6.07, 6.45) is 5.90. The Balaban J connectivity index is 1.90. The molecular weight excluding hydrogens is 210 g/mol. The van der Waals surface area contributed by atoms with Crippen molar-refractivity contribution in [3.05, 3.63) is 18.0 Å². The number of nitrogens with zero attached hydrogens (tertiary/aromatic N) is 1. The van der Waals surface area contributed by atoms with E-state index in [4.69, 9.17) is 0 Å². The van der Waals surface area contributed by atoms with Gasteiger partial charge in [-0.1, -0.05) is 27.2 Å². The second-order valence-corrected chi connectivity index (χ2v) is 5.90. The quantitative estimate of drug-likeness (QED) is 0.842. The van der Waals surface area contributed by atoms with Gasteiger partial charge in [0, 0.05) is 24.5 Å². The summed E-state index contributed by atoms with van der Waals surface area (Å²) in [5, 5.41) is 10.7. The van der Waals surface area contributed by atoms with Crippen LogP contribution < -0.4 is 5.32 Å². The average Bonchev–Trinajstić information content (AvgIpc) is 2.78. The molecule has 0 aliphatic heterocycles. The maximum absolute atomic E-state index is 3.99. The maximum atomic E-state index is 3.99. The molecule has 1 aromatic heterocycles. The molecule has 3 nitrogen and oxygen atoms in total. The maximum Gasteiger partial charge on any atom is 0.0490 e. The highest BCUT2D eigenvalue weighted by Gasteiger charge is 2.30. The summed E-state index contributed by atoms with van der Waals surface area (Å²) in [7, 11) is 0. The van der Waals surface area contributed by atoms with Gasteiger partial charge in [0.15, 0.2) is 0 Å². The molecule has 0 bridgehead atoms. The minimum Gasteiger partial charge on any atom is -0.308 e. The first-order chi connectivity index (χ1) is 8.16. The first-order valence-electron chi connectivity index (χ1n) is 6.88. The Morgan fingerprint density at radius 3 is 2.94 bits per heavy atom. The van der Waals surface area contributed by atoms with Crippen LogP contribution in [0.1, 0.15) is 45.7 Å². The molecule has 3 atom stereocenters. The fraction of sp³-hybridized carbons (Fsp3) is 0.786. The van der Waals surface area contributed by atoms with Crippen LogP contribution in [0.3, 0.4) is 0 Å². The van der Waals surface area contributed by atoms with Crippen LogP contribution in [0.5, 0.6) is 0 Å². The fourth-order valence-corrected chi connectivity index (χ4v) is 3.06. The summed E-state index contributed by atoms with van der Waals surface area (Å²) >= 11 is 0. The van der Waals surface area contributed by atoms with Crippen molar-refractivity contribution in [1.29, 1.82) is 0 Å². The van der Waals surface area contributed by atoms with Gasteiger partial charge in [0.25, 0.3) is 0 Å². The molecule has 1 heterocycles. The minimum atomic E-state index is 0.669. The Kier molecular flexibility index (Phi) is 4.21. The molecule has 1 aromatic rings. The van der Waals surface area contributed by atoms with Crippen molar-refractivity contribution in [2.75, 3.05) is 0 Å². The van der Waals surface area contributed by atoms with Crippen molar-refractivity contribution >= 4 is 0 Å². The third-order valence-electron chi connectivity index (χ3n) is 4.14. The molecule has 96 valence electrons. The van der Waals surface area contributed by atoms with Gasteiger partial charge in [0.1, 0.15) is 0 Å². The lowest BCUT2D eigenvalue weighted by atomic mass is 9.74. The number of hydrogen-bond donors (Lipinski definition) is 2. The molecule has 0 saturated heterocycles. The highest BCUT2D eigenvalue weighted by atomic mass is 15.1. The fourth-order valence-electron chi connectivity index (χ4n) is 3.06. The van der Waals surface area contributed by atoms with Crippen LogP contribution in [0.25, 0.3) is 0 Å². The van der Waals surface area contributed by atoms with Gasteiger partial charge in [-0.2, -0.15) is 5.10 Å². The second kappa shape index (κ2) is 5.67. The van der Waals surface area contributed by atoms with E-state index in [2.05, 4.69) is 36.3 Å². The van der Waals surface area contributed by atoms with E-state index in [0.29, 0.717) is 6.04 Å². The molecule has 0 aromatic carbocycles. The predicted octanol–water partition coefficient (Wildman–Crippen LogP) is 2.96. The molecule has 1 aliphatic rings. The zero-order chi connectivity index (χ0) is 12.3. The molecule has 3 unspecified atom stereocenters. The third kappa shape index (κ3) is 3.32. The smallest absolute Gasteiger partial charge is 0.0490 e. The van der Waals surface area contributed by atoms with Crippen LogP contribution in [-0.4, -0.2) is 16.2 Å². The highest BCUT2D eigenvalue weighted by Crippen LogP contribution is 2.33. The van der Waals surface area contributed by atoms with Crippen LogP contribution in [0.2, 0.25) is 0 Å². The largest absolute Gasteiger partial charge is 0.308 e. The van der Waals surface area contributed by atoms with Gasteiger partial charge in [0.2, 0.25) is 0 Å². The Hall–Kier alpha value is -0.830. The lowest BCUT2D eigenvalue weighted by molar-refractivity contribution is 0.169. The van der Waals surface area contributed by atoms with Gasteiger partial charge >= 0.3 is 0 Å². The first-order valence-corrected chi connectivity index (χ1v) is 6.88. The number of nitrogens with one attached hydrogen (secondary N) is 2. The Bertz CT molecular complexity index is 318. The molecule has 1 fully saturated rings. The number of H-pyrrole nitrogens is 1. The van der Waals surface area contributed by atoms with Crippen molar-refractivity contribution in [3.8, 4) is 0 Å². The molecule has 2 rings (SSSR count). The number of aromatic nitrogens is 2. The van der Waals surface area contributed by atoms with Crippen LogP contribution >= 0.6 is 0 Å². The Morgan fingerprint density at radius 1 is 1.47 bits per heavy atom. The van der Waals surface area contributed by atoms with Gasteiger partial charge in [-0.05, 0) is 36.7 Å². The van der Waals surface area contributed by atoms with E-state index in [1.54, 1.807) is 0 Å². The van der Waals surface area contributed by atoms with E-state index in [1.807, 2.05) is 12.3 Å². The van der Waals surface area contributed by atoms with E-state index in [1.165, 1.54) is 25.0 Å². The van der Waals surface area contributed by atoms with Gasteiger partial charge in [-0.25, -0.2) is 0 Å². The van der Waals surface area contributed by atoms with E-state index < -0.39 is 0 Å². The van der Waals surface area contributed by atoms with Crippen LogP contribution in [0, 0.1) is 17.8 Å². The highest BCUT2D eigenvalue weighted by molar-refractivity contribution is 4.98. The molecular formula is C14H25N3. The van der Waals surface area contributed by atoms with Gasteiger partial charge < -0.3 is 5.32 Å². The number of hydrogen-bond acceptors (Lipinski definition) is 2. The van der Waals surface area contributed by atoms with Crippen molar-refractivity contribution in [2.24, 2.45) is 17.8 Å². The molecule has 3 heteroatoms. The van der Waals surface area contributed by atoms with Crippen molar-refractivity contribution < 1.29 is 0 Å². The zero-order valence-corrected chi connectivity index (χ0v) is 11.2. The zero-order valence-electron chi connectivity index (χ0n) is 11.2. The third-order valence-corrected chi connectivity index (χ3v) is 4.14. The van der Waals surface area contributed by atoms with E-state index in [-0.39, 0.29) is 0 Å². The summed E-state index contributed by atoms with van der Waals surface area (Å²) in [5.74, 6) is 2.47. The summed E-state index contributed by atoms with van der Waals surface area (Å²) in [5.41, 5.74) is 1.19. The minimum absolute atomic E-state index is 0.669. The van der Waals surface area contributed by atoms with Crippen molar-refractivity contribution in [3.63, 3.8) is 0 Å². The van der Waals surface area contributed by atoms with Crippen molar-refractivity contribution in [1.82, 2.24) is 15.5 Å². The molecule has 1 aliphatic carbocycles. The van der Waals surface area contributed by atoms with Crippen LogP contribution in [0.4, 0.5) is 0 Å². The molecule has 0 amide bonds. The topological polar surface area (TPSA) is 40.7 Å². The normalized spacial score (nSPS) is 29.8. The summed E-state index contributed by atoms with van der Waals surface area (Å²) in [6, 6.07) is 2.71. The summed E-state index contributed by atoms with van der Waals surface area (Å²) in [6.45, 7) is 8.00. The SMILES string of the molecule is CC1CCC(C(C)C)C(NCc2ccn[nH]2)C1. The molecule has 1 saturated carbocycles. The Labute approximate surface area is 104 Å². The number of aromatic amines is 1. The van der Waals surface area contributed by atoms with Gasteiger partial charge in [0.05, 0.1) is 0 Å². The molecule has 0 spiro atoms. The van der Waals surface area contributed by atoms with Gasteiger partial charge in [-0.3, -0.25) is 5.10 Å². The van der Waals surface area contributed by atoms with Crippen molar-refractivity contribution in [2.45, 2.75) is 52.6 Å². The number of rotatable bonds is 4. The monoisotopic (exact) mass is 235 g/mol. The second-order valence-electron chi connectivity index (χ2n) is 5.90. The first kappa shape index (κ1) is 12.6. The van der Waals surface area contributed by atoms with Gasteiger partial charge in [-0.15, -0.1) is 0 Å². The van der Waals surface area contributed by atoms with E-state index in [9.17, 15) is 0 Å². The Morgan fingerprint density at radius 2 is 2.29 bits per heavy atom. The molecule has 0 radical (unpaired) electrons. The lowest BCUT2D eigenvalue weighted by Gasteiger charge is -2.38. The lowest BCUT2D eigenvalue weighted by Crippen LogP contribution is -2.42. The standard InChI is InChI=1S/C14H25N3/c1-10(2)13-5-4-11(3)8-14(13)15-9-12-6-7-16-17-12/h6-7,10-11,13-15H,4-5,8-9H2,1-3H3,(H,16,17). The van der Waals surface area contributed by atoms with Crippen LogP contribution in [-0.2, 0) is 6.54 Å². The van der Waals surface area contributed by atoms with E-state index >= 15 is 0 Å². The molecule has 17 heavy (non-hydrogen) atoms. The summed E-state index contributed by atoms with van der Waals surface area (Å²) < 4.78 is 0. The summed E-state index contributed by atoms with van der Waals surface area (Å²) in [4.78, 5) is 0. The average molecular weight is 235 g/mol.